The number of aromatic nitrogens is 1. The number of likely N-dealkylation sites (tertiary alicyclic amines) is 1. The predicted molar refractivity (Wildman–Crippen MR) is 97.5 cm³/mol. The first-order valence-corrected chi connectivity index (χ1v) is 9.51. The van der Waals surface area contributed by atoms with Crippen LogP contribution in [-0.2, 0) is 11.2 Å². The minimum atomic E-state index is 0. The summed E-state index contributed by atoms with van der Waals surface area (Å²) in [6.07, 6.45) is 5.25. The number of hydrogen-bond donors (Lipinski definition) is 1. The largest absolute Gasteiger partial charge is 0.342 e. The molecule has 2 aliphatic rings. The first kappa shape index (κ1) is 18.7. The molecule has 0 aromatic carbocycles. The van der Waals surface area contributed by atoms with E-state index in [1.54, 1.807) is 11.3 Å². The van der Waals surface area contributed by atoms with Crippen molar-refractivity contribution in [2.45, 2.75) is 57.9 Å². The number of carbonyl (C=O) groups excluding carboxylic acids is 1. The van der Waals surface area contributed by atoms with Gasteiger partial charge in [0.25, 0.3) is 0 Å². The van der Waals surface area contributed by atoms with Crippen LogP contribution in [0.15, 0.2) is 5.38 Å². The second kappa shape index (κ2) is 8.45. The maximum Gasteiger partial charge on any atom is 0.225 e. The summed E-state index contributed by atoms with van der Waals surface area (Å²) in [5, 5.41) is 6.84. The highest BCUT2D eigenvalue weighted by Gasteiger charge is 2.32. The fourth-order valence-electron chi connectivity index (χ4n) is 3.67. The maximum atomic E-state index is 12.8. The molecule has 3 rings (SSSR count). The molecule has 0 spiro atoms. The smallest absolute Gasteiger partial charge is 0.225 e. The van der Waals surface area contributed by atoms with Gasteiger partial charge in [-0.15, -0.1) is 23.7 Å². The van der Waals surface area contributed by atoms with E-state index in [0.29, 0.717) is 17.9 Å². The highest BCUT2D eigenvalue weighted by molar-refractivity contribution is 7.09. The monoisotopic (exact) mass is 357 g/mol. The third-order valence-corrected chi connectivity index (χ3v) is 6.04. The van der Waals surface area contributed by atoms with E-state index >= 15 is 0 Å². The van der Waals surface area contributed by atoms with Crippen LogP contribution in [0.3, 0.4) is 0 Å². The molecule has 3 atom stereocenters. The lowest BCUT2D eigenvalue weighted by Crippen LogP contribution is -2.47. The molecule has 130 valence electrons. The van der Waals surface area contributed by atoms with Gasteiger partial charge in [0.1, 0.15) is 0 Å². The van der Waals surface area contributed by atoms with Crippen molar-refractivity contribution >= 4 is 29.7 Å². The molecule has 4 nitrogen and oxygen atoms in total. The Morgan fingerprint density at radius 2 is 2.30 bits per heavy atom. The normalized spacial score (nSPS) is 28.3. The van der Waals surface area contributed by atoms with Crippen molar-refractivity contribution in [2.24, 2.45) is 5.92 Å². The second-order valence-electron chi connectivity index (χ2n) is 6.73. The molecule has 6 heteroatoms. The Bertz CT molecular complexity index is 522. The van der Waals surface area contributed by atoms with E-state index < -0.39 is 0 Å². The van der Waals surface area contributed by atoms with E-state index in [1.165, 1.54) is 17.1 Å². The van der Waals surface area contributed by atoms with Crippen molar-refractivity contribution in [3.63, 3.8) is 0 Å². The van der Waals surface area contributed by atoms with Crippen LogP contribution in [0, 0.1) is 5.92 Å². The van der Waals surface area contributed by atoms with Gasteiger partial charge in [-0.05, 0) is 45.6 Å². The molecule has 1 aromatic rings. The Labute approximate surface area is 149 Å². The van der Waals surface area contributed by atoms with Gasteiger partial charge in [0.15, 0.2) is 0 Å². The standard InChI is InChI=1S/C17H27N3OS.ClH/c1-3-15-11-22-16(19-15)14-5-4-8-20(10-14)17(21)13-6-7-18-12(2)9-13;/h11-14,18H,3-10H2,1-2H3;1H/t12-,13-,14?;/m0./s1. The number of aryl methyl sites for hydroxylation is 1. The Balaban J connectivity index is 0.00000192. The summed E-state index contributed by atoms with van der Waals surface area (Å²) >= 11 is 1.77. The fraction of sp³-hybridized carbons (Fsp3) is 0.765. The minimum absolute atomic E-state index is 0. The van der Waals surface area contributed by atoms with Crippen LogP contribution < -0.4 is 5.32 Å². The second-order valence-corrected chi connectivity index (χ2v) is 7.62. The van der Waals surface area contributed by atoms with Crippen molar-refractivity contribution < 1.29 is 4.79 Å². The molecule has 3 heterocycles. The van der Waals surface area contributed by atoms with Crippen molar-refractivity contribution in [2.75, 3.05) is 19.6 Å². The molecule has 0 aliphatic carbocycles. The summed E-state index contributed by atoms with van der Waals surface area (Å²) < 4.78 is 0. The molecule has 1 N–H and O–H groups in total. The van der Waals surface area contributed by atoms with Crippen LogP contribution in [0.1, 0.15) is 56.2 Å². The molecule has 0 saturated carbocycles. The zero-order chi connectivity index (χ0) is 15.5. The molecule has 23 heavy (non-hydrogen) atoms. The number of rotatable bonds is 3. The van der Waals surface area contributed by atoms with E-state index in [-0.39, 0.29) is 18.3 Å². The molecule has 2 fully saturated rings. The van der Waals surface area contributed by atoms with Gasteiger partial charge in [-0.25, -0.2) is 4.98 Å². The van der Waals surface area contributed by atoms with E-state index in [2.05, 4.69) is 29.4 Å². The summed E-state index contributed by atoms with van der Waals surface area (Å²) in [7, 11) is 0. The number of piperidine rings is 2. The fourth-order valence-corrected chi connectivity index (χ4v) is 4.70. The lowest BCUT2D eigenvalue weighted by molar-refractivity contribution is -0.138. The molecular formula is C17H28ClN3OS. The van der Waals surface area contributed by atoms with Gasteiger partial charge >= 0.3 is 0 Å². The topological polar surface area (TPSA) is 45.2 Å². The SMILES string of the molecule is CCc1csc(C2CCCN(C(=O)[C@H]3CCN[C@@H](C)C3)C2)n1.Cl. The third kappa shape index (κ3) is 4.46. The lowest BCUT2D eigenvalue weighted by Gasteiger charge is -2.36. The Hall–Kier alpha value is -0.650. The van der Waals surface area contributed by atoms with Crippen LogP contribution in [0.2, 0.25) is 0 Å². The number of carbonyl (C=O) groups is 1. The van der Waals surface area contributed by atoms with Crippen molar-refractivity contribution in [3.05, 3.63) is 16.1 Å². The zero-order valence-corrected chi connectivity index (χ0v) is 15.7. The van der Waals surface area contributed by atoms with Gasteiger partial charge < -0.3 is 10.2 Å². The third-order valence-electron chi connectivity index (χ3n) is 4.99. The number of halogens is 1. The van der Waals surface area contributed by atoms with Gasteiger partial charge in [-0.1, -0.05) is 6.92 Å². The van der Waals surface area contributed by atoms with Crippen molar-refractivity contribution in [1.82, 2.24) is 15.2 Å². The minimum Gasteiger partial charge on any atom is -0.342 e. The number of nitrogens with one attached hydrogen (secondary N) is 1. The van der Waals surface area contributed by atoms with Gasteiger partial charge in [0.2, 0.25) is 5.91 Å². The van der Waals surface area contributed by atoms with Gasteiger partial charge in [-0.3, -0.25) is 4.79 Å². The Kier molecular flexibility index (Phi) is 6.86. The van der Waals surface area contributed by atoms with Gasteiger partial charge in [0, 0.05) is 36.3 Å². The number of amides is 1. The first-order chi connectivity index (χ1) is 10.7. The molecule has 1 unspecified atom stereocenters. The number of hydrogen-bond acceptors (Lipinski definition) is 4. The van der Waals surface area contributed by atoms with Crippen LogP contribution in [0.4, 0.5) is 0 Å². The average molecular weight is 358 g/mol. The molecule has 2 saturated heterocycles. The van der Waals surface area contributed by atoms with Crippen molar-refractivity contribution in [1.29, 1.82) is 0 Å². The summed E-state index contributed by atoms with van der Waals surface area (Å²) in [5.74, 6) is 1.05. The quantitative estimate of drug-likeness (QED) is 0.903. The van der Waals surface area contributed by atoms with E-state index in [0.717, 1.165) is 45.3 Å². The van der Waals surface area contributed by atoms with E-state index in [4.69, 9.17) is 4.98 Å². The zero-order valence-electron chi connectivity index (χ0n) is 14.1. The van der Waals surface area contributed by atoms with Crippen LogP contribution in [-0.4, -0.2) is 41.5 Å². The maximum absolute atomic E-state index is 12.8. The van der Waals surface area contributed by atoms with Gasteiger partial charge in [-0.2, -0.15) is 0 Å². The van der Waals surface area contributed by atoms with E-state index in [1.807, 2.05) is 0 Å². The summed E-state index contributed by atoms with van der Waals surface area (Å²) in [5.41, 5.74) is 1.19. The van der Waals surface area contributed by atoms with Crippen LogP contribution >= 0.6 is 23.7 Å². The van der Waals surface area contributed by atoms with Crippen molar-refractivity contribution in [3.8, 4) is 0 Å². The Morgan fingerprint density at radius 3 is 3.00 bits per heavy atom. The number of thiazole rings is 1. The summed E-state index contributed by atoms with van der Waals surface area (Å²) in [4.78, 5) is 19.7. The van der Waals surface area contributed by atoms with Crippen LogP contribution in [0.25, 0.3) is 0 Å². The first-order valence-electron chi connectivity index (χ1n) is 8.63. The lowest BCUT2D eigenvalue weighted by atomic mass is 9.90. The number of nitrogens with zero attached hydrogens (tertiary/aromatic N) is 2. The average Bonchev–Trinajstić information content (AvgIpc) is 3.03. The highest BCUT2D eigenvalue weighted by atomic mass is 35.5. The predicted octanol–water partition coefficient (Wildman–Crippen LogP) is 3.22. The molecule has 1 amide bonds. The molecule has 1 aromatic heterocycles. The highest BCUT2D eigenvalue weighted by Crippen LogP contribution is 2.31. The van der Waals surface area contributed by atoms with Gasteiger partial charge in [0.05, 0.1) is 10.7 Å². The molecule has 2 aliphatic heterocycles. The molecule has 0 bridgehead atoms. The summed E-state index contributed by atoms with van der Waals surface area (Å²) in [6, 6.07) is 0.467. The molecular weight excluding hydrogens is 330 g/mol. The van der Waals surface area contributed by atoms with E-state index in [9.17, 15) is 4.79 Å². The summed E-state index contributed by atoms with van der Waals surface area (Å²) in [6.45, 7) is 7.10. The molecule has 0 radical (unpaired) electrons. The Morgan fingerprint density at radius 1 is 1.48 bits per heavy atom. The van der Waals surface area contributed by atoms with Crippen LogP contribution in [0.5, 0.6) is 0 Å².